The molecule has 52 heavy (non-hydrogen) atoms. The Morgan fingerprint density at radius 3 is 1.15 bits per heavy atom. The van der Waals surface area contributed by atoms with Crippen LogP contribution in [0.5, 0.6) is 5.75 Å². The molecular weight excluding hydrogens is 827 g/mol. The topological polar surface area (TPSA) is 104 Å². The Hall–Kier alpha value is -3.73. The fraction of sp³-hybridized carbons (Fsp3) is 0.500. The van der Waals surface area contributed by atoms with Crippen molar-refractivity contribution in [3.63, 3.8) is 0 Å². The van der Waals surface area contributed by atoms with Crippen molar-refractivity contribution in [2.24, 2.45) is 0 Å². The summed E-state index contributed by atoms with van der Waals surface area (Å²) in [6.45, 7) is 0. The van der Waals surface area contributed by atoms with Gasteiger partial charge in [-0.25, -0.2) is 0 Å². The first-order chi connectivity index (χ1) is 22.5. The molecule has 0 saturated heterocycles. The average Bonchev–Trinajstić information content (AvgIpc) is 2.96. The molecule has 6 nitrogen and oxygen atoms in total. The molecule has 1 amide bonds. The van der Waals surface area contributed by atoms with Crippen LogP contribution in [0.1, 0.15) is 0 Å². The highest BCUT2D eigenvalue weighted by atomic mass is 32.2. The number of phenolic OH excluding ortho intramolecular Hbond substituents is 1. The van der Waals surface area contributed by atoms with Crippen molar-refractivity contribution in [3.8, 4) is 5.75 Å². The molecule has 0 spiro atoms. The molecule has 0 aliphatic carbocycles. The van der Waals surface area contributed by atoms with E-state index in [2.05, 4.69) is 0 Å². The molecule has 298 valence electrons. The lowest BCUT2D eigenvalue weighted by Gasteiger charge is -2.45. The van der Waals surface area contributed by atoms with Crippen LogP contribution < -0.4 is 5.32 Å². The summed E-state index contributed by atoms with van der Waals surface area (Å²) in [7, 11) is -5.44. The van der Waals surface area contributed by atoms with E-state index in [-0.39, 0.29) is 6.07 Å². The highest BCUT2D eigenvalue weighted by Gasteiger charge is 2.99. The van der Waals surface area contributed by atoms with Crippen LogP contribution in [0.25, 0.3) is 10.8 Å². The second kappa shape index (κ2) is 11.9. The van der Waals surface area contributed by atoms with E-state index < -0.39 is 109 Å². The van der Waals surface area contributed by atoms with Crippen molar-refractivity contribution >= 4 is 32.5 Å². The number of carbonyl (C=O) groups is 1. The van der Waals surface area contributed by atoms with Crippen molar-refractivity contribution in [2.75, 3.05) is 5.32 Å². The van der Waals surface area contributed by atoms with Crippen LogP contribution >= 0.6 is 0 Å². The summed E-state index contributed by atoms with van der Waals surface area (Å²) in [6.07, 6.45) is -8.19. The summed E-state index contributed by atoms with van der Waals surface area (Å²) in [5.41, 5.74) is -1.80. The van der Waals surface area contributed by atoms with Crippen LogP contribution in [-0.2, 0) is 14.9 Å². The number of rotatable bonds is 12. The van der Waals surface area contributed by atoms with Gasteiger partial charge in [0.05, 0.1) is 5.69 Å². The minimum atomic E-state index is -9.62. The zero-order valence-electron chi connectivity index (χ0n) is 23.1. The fourth-order valence-corrected chi connectivity index (χ4v) is 4.48. The summed E-state index contributed by atoms with van der Waals surface area (Å²) in [6, 6.07) is 2.42. The maximum atomic E-state index is 14.4. The van der Waals surface area contributed by atoms with Crippen molar-refractivity contribution in [2.45, 2.75) is 70.3 Å². The van der Waals surface area contributed by atoms with E-state index in [9.17, 15) is 124 Å². The SMILES string of the molecule is O=C(Nc1c(O)cc(S(=O)(=O)O)c2ccccc12)C(F)(F)C(F)(F)C(F)(F)C(F)(F)C(F)(F)C(F)(F)C(F)(F)C(F)(F)C(F)(F)C(F)(F)C(F)(F)F. The van der Waals surface area contributed by atoms with Crippen LogP contribution in [-0.4, -0.2) is 89.4 Å². The zero-order chi connectivity index (χ0) is 41.7. The molecule has 2 rings (SSSR count). The average molecular weight is 835 g/mol. The highest BCUT2D eigenvalue weighted by Crippen LogP contribution is 2.67. The van der Waals surface area contributed by atoms with Crippen molar-refractivity contribution in [3.05, 3.63) is 30.3 Å². The van der Waals surface area contributed by atoms with E-state index >= 15 is 0 Å². The van der Waals surface area contributed by atoms with Gasteiger partial charge >= 0.3 is 71.3 Å². The second-order valence-corrected chi connectivity index (χ2v) is 11.4. The van der Waals surface area contributed by atoms with Gasteiger partial charge in [0.15, 0.2) is 0 Å². The van der Waals surface area contributed by atoms with E-state index in [1.54, 1.807) is 0 Å². The smallest absolute Gasteiger partial charge is 0.460 e. The molecule has 0 heterocycles. The third kappa shape index (κ3) is 5.67. The molecule has 0 saturated carbocycles. The quantitative estimate of drug-likeness (QED) is 0.113. The minimum absolute atomic E-state index is 0.182. The maximum Gasteiger partial charge on any atom is 0.460 e. The first-order valence-corrected chi connectivity index (χ1v) is 13.3. The first-order valence-electron chi connectivity index (χ1n) is 11.9. The third-order valence-electron chi connectivity index (χ3n) is 6.69. The highest BCUT2D eigenvalue weighted by molar-refractivity contribution is 7.86. The summed E-state index contributed by atoms with van der Waals surface area (Å²) < 4.78 is 346. The summed E-state index contributed by atoms with van der Waals surface area (Å²) >= 11 is 0. The Kier molecular flexibility index (Phi) is 10.2. The first kappa shape index (κ1) is 44.4. The number of hydrogen-bond donors (Lipinski definition) is 3. The predicted molar refractivity (Wildman–Crippen MR) is 120 cm³/mol. The van der Waals surface area contributed by atoms with Gasteiger partial charge in [-0.15, -0.1) is 0 Å². The monoisotopic (exact) mass is 835 g/mol. The molecule has 0 fully saturated rings. The number of halogens is 23. The number of alkyl halides is 23. The summed E-state index contributed by atoms with van der Waals surface area (Å²) in [5.74, 6) is -97.2. The number of phenols is 1. The number of benzene rings is 2. The van der Waals surface area contributed by atoms with Crippen LogP contribution in [0.15, 0.2) is 35.2 Å². The molecule has 3 N–H and O–H groups in total. The molecule has 0 aliphatic rings. The lowest BCUT2D eigenvalue weighted by molar-refractivity contribution is -0.477. The van der Waals surface area contributed by atoms with Gasteiger partial charge < -0.3 is 10.4 Å². The molecule has 0 aliphatic heterocycles. The van der Waals surface area contributed by atoms with E-state index in [4.69, 9.17) is 0 Å². The van der Waals surface area contributed by atoms with Crippen LogP contribution in [0.4, 0.5) is 107 Å². The molecule has 0 radical (unpaired) electrons. The van der Waals surface area contributed by atoms with E-state index in [1.165, 1.54) is 0 Å². The Morgan fingerprint density at radius 1 is 0.519 bits per heavy atom. The van der Waals surface area contributed by atoms with Crippen LogP contribution in [0.2, 0.25) is 0 Å². The molecule has 0 aromatic heterocycles. The number of anilines is 1. The second-order valence-electron chi connectivity index (χ2n) is 9.99. The maximum absolute atomic E-state index is 14.4. The van der Waals surface area contributed by atoms with Gasteiger partial charge in [-0.3, -0.25) is 9.35 Å². The summed E-state index contributed by atoms with van der Waals surface area (Å²) in [5, 5.41) is 8.14. The van der Waals surface area contributed by atoms with E-state index in [1.807, 2.05) is 0 Å². The largest absolute Gasteiger partial charge is 0.506 e. The van der Waals surface area contributed by atoms with Gasteiger partial charge in [0.2, 0.25) is 0 Å². The molecular formula is C22H8F23NO5S. The van der Waals surface area contributed by atoms with Crippen molar-refractivity contribution in [1.82, 2.24) is 0 Å². The van der Waals surface area contributed by atoms with Crippen LogP contribution in [0, 0.1) is 0 Å². The molecule has 30 heteroatoms. The lowest BCUT2D eigenvalue weighted by Crippen LogP contribution is -2.78. The lowest BCUT2D eigenvalue weighted by atomic mass is 9.85. The van der Waals surface area contributed by atoms with E-state index in [0.29, 0.717) is 17.4 Å². The Balaban J connectivity index is 2.73. The number of fused-ring (bicyclic) bond motifs is 1. The molecule has 0 bridgehead atoms. The molecule has 2 aromatic carbocycles. The third-order valence-corrected chi connectivity index (χ3v) is 7.59. The van der Waals surface area contributed by atoms with Gasteiger partial charge in [-0.2, -0.15) is 109 Å². The van der Waals surface area contributed by atoms with Gasteiger partial charge in [0.25, 0.3) is 10.1 Å². The van der Waals surface area contributed by atoms with E-state index in [0.717, 1.165) is 12.1 Å². The summed E-state index contributed by atoms with van der Waals surface area (Å²) in [4.78, 5) is 10.6. The normalized spacial score (nSPS) is 15.6. The fourth-order valence-electron chi connectivity index (χ4n) is 3.76. The number of hydrogen-bond acceptors (Lipinski definition) is 4. The van der Waals surface area contributed by atoms with Crippen molar-refractivity contribution < 1.29 is 124 Å². The standard InChI is InChI=1S/C22H8F23NO5S/c23-12(24,11(48)46-10-7-4-2-1-3-6(7)9(5-8(10)47)52(49,50)51)13(25,26)14(27,28)15(29,30)16(31,32)17(33,34)18(35,36)19(37,38)20(39,40)21(41,42)22(43,44)45/h1-5,47H,(H,46,48)(H,49,50,51). The Bertz CT molecular complexity index is 1840. The number of carbonyl (C=O) groups excluding carboxylic acids is 1. The Labute approximate surface area is 268 Å². The van der Waals surface area contributed by atoms with Gasteiger partial charge in [0.1, 0.15) is 10.6 Å². The van der Waals surface area contributed by atoms with Crippen molar-refractivity contribution in [1.29, 1.82) is 0 Å². The van der Waals surface area contributed by atoms with Gasteiger partial charge in [0, 0.05) is 16.8 Å². The van der Waals surface area contributed by atoms with Gasteiger partial charge in [-0.1, -0.05) is 24.3 Å². The molecule has 2 aromatic rings. The molecule has 0 unspecified atom stereocenters. The van der Waals surface area contributed by atoms with Crippen LogP contribution in [0.3, 0.4) is 0 Å². The number of amides is 1. The number of aromatic hydroxyl groups is 1. The number of nitrogens with one attached hydrogen (secondary N) is 1. The molecule has 0 atom stereocenters. The van der Waals surface area contributed by atoms with Gasteiger partial charge in [-0.05, 0) is 0 Å². The zero-order valence-corrected chi connectivity index (χ0v) is 23.9. The Morgan fingerprint density at radius 2 is 0.827 bits per heavy atom. The minimum Gasteiger partial charge on any atom is -0.506 e. The predicted octanol–water partition coefficient (Wildman–Crippen LogP) is 8.65.